The van der Waals surface area contributed by atoms with Gasteiger partial charge in [0, 0.05) is 18.3 Å². The van der Waals surface area contributed by atoms with E-state index in [4.69, 9.17) is 4.74 Å². The molecular weight excluding hydrogens is 280 g/mol. The molecule has 2 spiro atoms. The molecule has 0 amide bonds. The van der Waals surface area contributed by atoms with Crippen molar-refractivity contribution in [3.8, 4) is 0 Å². The monoisotopic (exact) mass is 302 g/mol. The molecule has 1 saturated heterocycles. The molecule has 4 heteroatoms. The average molecular weight is 302 g/mol. The van der Waals surface area contributed by atoms with Crippen LogP contribution in [0.3, 0.4) is 0 Å². The van der Waals surface area contributed by atoms with Crippen LogP contribution in [0.4, 0.5) is 0 Å². The maximum atomic E-state index is 12.5. The SMILES string of the molecule is O=C1C[C@@]23CC[C@@]45[C@@H]6OC(=O)[C@@H]4CCC[C@]5(O)[C@@H]2C[C@@H]1C[C@H]63. The number of rotatable bonds is 0. The molecule has 1 aliphatic heterocycles. The standard InChI is InChI=1S/C18H22O4/c19-12-8-16-4-5-17-10-2-1-3-18(17,21)13(16)7-9(12)6-11(16)14(17)22-15(10)20/h9-11,13-14,21H,1-8H2/t9-,10-,11+,13+,14+,16+,17-,18-/m0/s1. The summed E-state index contributed by atoms with van der Waals surface area (Å²) in [5.41, 5.74) is -1.16. The third-order valence-electron chi connectivity index (χ3n) is 8.91. The van der Waals surface area contributed by atoms with Gasteiger partial charge >= 0.3 is 5.97 Å². The Morgan fingerprint density at radius 2 is 2.00 bits per heavy atom. The molecule has 0 aromatic rings. The number of ether oxygens (including phenoxy) is 1. The van der Waals surface area contributed by atoms with Gasteiger partial charge in [-0.2, -0.15) is 0 Å². The van der Waals surface area contributed by atoms with Crippen molar-refractivity contribution < 1.29 is 19.4 Å². The number of Topliss-reactive ketones (excluding diaryl/α,β-unsaturated/α-hetero) is 1. The van der Waals surface area contributed by atoms with Crippen LogP contribution in [0.15, 0.2) is 0 Å². The lowest BCUT2D eigenvalue weighted by molar-refractivity contribution is -0.332. The van der Waals surface area contributed by atoms with Gasteiger partial charge in [-0.15, -0.1) is 0 Å². The van der Waals surface area contributed by atoms with Gasteiger partial charge in [0.15, 0.2) is 0 Å². The molecule has 0 radical (unpaired) electrons. The first-order chi connectivity index (χ1) is 10.5. The highest BCUT2D eigenvalue weighted by Gasteiger charge is 2.83. The van der Waals surface area contributed by atoms with Crippen molar-refractivity contribution >= 4 is 11.8 Å². The summed E-state index contributed by atoms with van der Waals surface area (Å²) in [6.07, 6.45) is 6.78. The molecule has 1 N–H and O–H groups in total. The predicted molar refractivity (Wildman–Crippen MR) is 75.6 cm³/mol. The van der Waals surface area contributed by atoms with E-state index in [2.05, 4.69) is 0 Å². The van der Waals surface area contributed by atoms with E-state index in [9.17, 15) is 14.7 Å². The minimum atomic E-state index is -0.763. The lowest BCUT2D eigenvalue weighted by atomic mass is 9.29. The Morgan fingerprint density at radius 3 is 2.86 bits per heavy atom. The minimum Gasteiger partial charge on any atom is -0.461 e. The van der Waals surface area contributed by atoms with E-state index in [1.807, 2.05) is 0 Å². The normalized spacial score (nSPS) is 63.8. The van der Waals surface area contributed by atoms with Crippen molar-refractivity contribution in [1.29, 1.82) is 0 Å². The average Bonchev–Trinajstić information content (AvgIpc) is 2.80. The zero-order valence-electron chi connectivity index (χ0n) is 12.7. The van der Waals surface area contributed by atoms with Crippen molar-refractivity contribution in [2.24, 2.45) is 34.5 Å². The van der Waals surface area contributed by atoms with Crippen LogP contribution in [0.5, 0.6) is 0 Å². The fourth-order valence-electron chi connectivity index (χ4n) is 8.31. The van der Waals surface area contributed by atoms with Gasteiger partial charge in [0.25, 0.3) is 0 Å². The molecule has 4 nitrogen and oxygen atoms in total. The number of fused-ring (bicyclic) bond motifs is 2. The Kier molecular flexibility index (Phi) is 1.88. The highest BCUT2D eigenvalue weighted by molar-refractivity contribution is 5.85. The Balaban J connectivity index is 1.63. The number of aliphatic hydroxyl groups is 1. The predicted octanol–water partition coefficient (Wildman–Crippen LogP) is 1.84. The molecule has 5 bridgehead atoms. The summed E-state index contributed by atoms with van der Waals surface area (Å²) in [6.45, 7) is 0. The van der Waals surface area contributed by atoms with Gasteiger partial charge in [-0.05, 0) is 56.3 Å². The highest BCUT2D eigenvalue weighted by Crippen LogP contribution is 2.80. The maximum absolute atomic E-state index is 12.5. The van der Waals surface area contributed by atoms with Crippen LogP contribution >= 0.6 is 0 Å². The van der Waals surface area contributed by atoms with Gasteiger partial charge in [0.05, 0.1) is 16.9 Å². The van der Waals surface area contributed by atoms with Crippen molar-refractivity contribution in [3.05, 3.63) is 0 Å². The lowest BCUT2D eigenvalue weighted by Gasteiger charge is -2.75. The quantitative estimate of drug-likeness (QED) is 0.694. The largest absolute Gasteiger partial charge is 0.461 e. The highest BCUT2D eigenvalue weighted by atomic mass is 16.6. The topological polar surface area (TPSA) is 63.6 Å². The second-order valence-electron chi connectivity index (χ2n) is 8.97. The maximum Gasteiger partial charge on any atom is 0.310 e. The van der Waals surface area contributed by atoms with Gasteiger partial charge in [-0.25, -0.2) is 0 Å². The summed E-state index contributed by atoms with van der Waals surface area (Å²) in [7, 11) is 0. The molecule has 8 aliphatic rings. The third-order valence-corrected chi connectivity index (χ3v) is 8.91. The van der Waals surface area contributed by atoms with Gasteiger partial charge in [0.1, 0.15) is 11.9 Å². The first kappa shape index (κ1) is 12.5. The summed E-state index contributed by atoms with van der Waals surface area (Å²) in [5, 5.41) is 11.8. The summed E-state index contributed by atoms with van der Waals surface area (Å²) in [4.78, 5) is 24.9. The van der Waals surface area contributed by atoms with E-state index in [1.165, 1.54) is 0 Å². The van der Waals surface area contributed by atoms with Crippen molar-refractivity contribution in [2.75, 3.05) is 0 Å². The van der Waals surface area contributed by atoms with Gasteiger partial charge < -0.3 is 9.84 Å². The van der Waals surface area contributed by atoms with Crippen molar-refractivity contribution in [1.82, 2.24) is 0 Å². The fourth-order valence-corrected chi connectivity index (χ4v) is 8.31. The summed E-state index contributed by atoms with van der Waals surface area (Å²) >= 11 is 0. The second kappa shape index (κ2) is 3.31. The number of esters is 1. The van der Waals surface area contributed by atoms with Crippen molar-refractivity contribution in [2.45, 2.75) is 63.1 Å². The van der Waals surface area contributed by atoms with Crippen LogP contribution in [0, 0.1) is 34.5 Å². The van der Waals surface area contributed by atoms with Crippen LogP contribution in [0.25, 0.3) is 0 Å². The third kappa shape index (κ3) is 0.951. The van der Waals surface area contributed by atoms with Crippen LogP contribution in [0.1, 0.15) is 51.4 Å². The molecule has 1 heterocycles. The molecule has 7 aliphatic carbocycles. The van der Waals surface area contributed by atoms with Gasteiger partial charge in [0.2, 0.25) is 0 Å². The first-order valence-corrected chi connectivity index (χ1v) is 8.98. The van der Waals surface area contributed by atoms with Crippen LogP contribution in [0.2, 0.25) is 0 Å². The Hall–Kier alpha value is -0.900. The van der Waals surface area contributed by atoms with Crippen LogP contribution in [-0.2, 0) is 14.3 Å². The fraction of sp³-hybridized carbons (Fsp3) is 0.889. The van der Waals surface area contributed by atoms with E-state index in [1.54, 1.807) is 0 Å². The Labute approximate surface area is 129 Å². The molecule has 7 saturated carbocycles. The Morgan fingerprint density at radius 1 is 1.14 bits per heavy atom. The summed E-state index contributed by atoms with van der Waals surface area (Å²) in [5.74, 6) is 0.916. The lowest BCUT2D eigenvalue weighted by Crippen LogP contribution is -2.79. The summed E-state index contributed by atoms with van der Waals surface area (Å²) < 4.78 is 5.93. The molecular formula is C18H22O4. The van der Waals surface area contributed by atoms with Crippen molar-refractivity contribution in [3.63, 3.8) is 0 Å². The van der Waals surface area contributed by atoms with Gasteiger partial charge in [-0.3, -0.25) is 9.59 Å². The first-order valence-electron chi connectivity index (χ1n) is 8.98. The molecule has 0 aromatic carbocycles. The zero-order valence-corrected chi connectivity index (χ0v) is 12.7. The van der Waals surface area contributed by atoms with E-state index in [0.717, 1.165) is 44.9 Å². The Bertz CT molecular complexity index is 629. The molecule has 8 rings (SSSR count). The number of carbonyl (C=O) groups is 2. The van der Waals surface area contributed by atoms with E-state index < -0.39 is 5.60 Å². The van der Waals surface area contributed by atoms with Crippen LogP contribution in [-0.4, -0.2) is 28.6 Å². The van der Waals surface area contributed by atoms with E-state index in [0.29, 0.717) is 18.1 Å². The van der Waals surface area contributed by atoms with Gasteiger partial charge in [-0.1, -0.05) is 0 Å². The molecule has 0 unspecified atom stereocenters. The van der Waals surface area contributed by atoms with E-state index in [-0.39, 0.29) is 40.7 Å². The number of carbonyl (C=O) groups excluding carboxylic acids is 2. The van der Waals surface area contributed by atoms with E-state index >= 15 is 0 Å². The molecule has 8 atom stereocenters. The molecule has 0 aromatic heterocycles. The zero-order chi connectivity index (χ0) is 14.9. The minimum absolute atomic E-state index is 0.0603. The number of hydrogen-bond donors (Lipinski definition) is 1. The smallest absolute Gasteiger partial charge is 0.310 e. The molecule has 22 heavy (non-hydrogen) atoms. The number of hydrogen-bond acceptors (Lipinski definition) is 4. The summed E-state index contributed by atoms with van der Waals surface area (Å²) in [6, 6.07) is 0. The van der Waals surface area contributed by atoms with Crippen LogP contribution < -0.4 is 0 Å². The second-order valence-corrected chi connectivity index (χ2v) is 8.97. The number of ketones is 1. The molecule has 8 fully saturated rings. The molecule has 118 valence electrons.